The average Bonchev–Trinajstić information content (AvgIpc) is 2.92. The second kappa shape index (κ2) is 11.6. The van der Waals surface area contributed by atoms with Crippen LogP contribution in [0.1, 0.15) is 52.5 Å². The van der Waals surface area contributed by atoms with Gasteiger partial charge in [0.2, 0.25) is 5.78 Å². The first kappa shape index (κ1) is 27.6. The van der Waals surface area contributed by atoms with Crippen molar-refractivity contribution in [3.8, 4) is 0 Å². The zero-order valence-electron chi connectivity index (χ0n) is 22.9. The summed E-state index contributed by atoms with van der Waals surface area (Å²) < 4.78 is 0. The number of fused-ring (bicyclic) bond motifs is 1. The summed E-state index contributed by atoms with van der Waals surface area (Å²) >= 11 is 0. The molecule has 0 unspecified atom stereocenters. The summed E-state index contributed by atoms with van der Waals surface area (Å²) in [5, 5.41) is 31.8. The molecule has 0 spiro atoms. The van der Waals surface area contributed by atoms with Gasteiger partial charge in [0.1, 0.15) is 0 Å². The van der Waals surface area contributed by atoms with Crippen LogP contribution < -0.4 is 10.3 Å². The van der Waals surface area contributed by atoms with E-state index in [0.717, 1.165) is 23.0 Å². The number of nitrogens with zero attached hydrogens (tertiary/aromatic N) is 2. The van der Waals surface area contributed by atoms with E-state index in [1.807, 2.05) is 36.4 Å². The number of aliphatic hydroxyl groups excluding tert-OH is 1. The molecule has 0 heterocycles. The van der Waals surface area contributed by atoms with Crippen LogP contribution in [0.25, 0.3) is 10.8 Å². The maximum atomic E-state index is 13.4. The van der Waals surface area contributed by atoms with Gasteiger partial charge in [-0.25, -0.2) is 5.01 Å². The Hall–Kier alpha value is -4.39. The molecule has 0 bridgehead atoms. The molecule has 0 saturated carbocycles. The highest BCUT2D eigenvalue weighted by molar-refractivity contribution is 6.21. The molecule has 0 amide bonds. The quantitative estimate of drug-likeness (QED) is 0.142. The molecule has 0 aliphatic heterocycles. The lowest BCUT2D eigenvalue weighted by Crippen LogP contribution is -2.35. The highest BCUT2D eigenvalue weighted by Gasteiger charge is 2.39. The molecule has 0 atom stereocenters. The van der Waals surface area contributed by atoms with E-state index < -0.39 is 5.97 Å². The minimum absolute atomic E-state index is 0.0692. The highest BCUT2D eigenvalue weighted by atomic mass is 16.4. The Kier molecular flexibility index (Phi) is 8.19. The minimum Gasteiger partial charge on any atom is -0.505 e. The molecule has 4 rings (SSSR count). The van der Waals surface area contributed by atoms with Crippen LogP contribution in [0.3, 0.4) is 0 Å². The van der Waals surface area contributed by atoms with Crippen molar-refractivity contribution in [2.75, 3.05) is 16.9 Å². The zero-order valence-corrected chi connectivity index (χ0v) is 22.9. The Morgan fingerprint density at radius 1 is 1.03 bits per heavy atom. The van der Waals surface area contributed by atoms with E-state index in [1.54, 1.807) is 19.1 Å². The summed E-state index contributed by atoms with van der Waals surface area (Å²) in [6, 6.07) is 21.5. The van der Waals surface area contributed by atoms with Gasteiger partial charge in [-0.05, 0) is 66.6 Å². The number of aliphatic hydroxyl groups is 1. The van der Waals surface area contributed by atoms with Crippen molar-refractivity contribution in [3.63, 3.8) is 0 Å². The van der Waals surface area contributed by atoms with Crippen molar-refractivity contribution >= 4 is 39.6 Å². The first-order chi connectivity index (χ1) is 18.6. The molecule has 0 radical (unpaired) electrons. The van der Waals surface area contributed by atoms with Gasteiger partial charge >= 0.3 is 5.97 Å². The number of anilines is 2. The van der Waals surface area contributed by atoms with Crippen molar-refractivity contribution in [3.05, 3.63) is 95.4 Å². The lowest BCUT2D eigenvalue weighted by atomic mass is 9.76. The predicted octanol–water partition coefficient (Wildman–Crippen LogP) is 6.97. The predicted molar refractivity (Wildman–Crippen MR) is 157 cm³/mol. The van der Waals surface area contributed by atoms with Crippen LogP contribution in [0, 0.1) is 0 Å². The van der Waals surface area contributed by atoms with Crippen LogP contribution in [0.5, 0.6) is 0 Å². The van der Waals surface area contributed by atoms with Gasteiger partial charge in [0.15, 0.2) is 11.5 Å². The summed E-state index contributed by atoms with van der Waals surface area (Å²) in [6.07, 6.45) is 2.50. The fraction of sp³-hybridized carbons (Fsp3) is 0.281. The molecule has 7 nitrogen and oxygen atoms in total. The molecule has 0 aromatic heterocycles. The van der Waals surface area contributed by atoms with Gasteiger partial charge < -0.3 is 15.5 Å². The molecule has 0 saturated heterocycles. The lowest BCUT2D eigenvalue weighted by Gasteiger charge is -2.32. The number of carbonyl (C=O) groups is 2. The second-order valence-electron chi connectivity index (χ2n) is 10.3. The first-order valence-corrected chi connectivity index (χ1v) is 13.2. The molecular formula is C32H35N3O4. The van der Waals surface area contributed by atoms with E-state index in [2.05, 4.69) is 55.5 Å². The third-order valence-electron chi connectivity index (χ3n) is 6.91. The van der Waals surface area contributed by atoms with Crippen LogP contribution in [-0.2, 0) is 15.0 Å². The number of Topliss-reactive ketones (excluding diaryl/α,β-unsaturated/α-hetero) is 1. The number of para-hydroxylation sites is 1. The maximum Gasteiger partial charge on any atom is 0.303 e. The largest absolute Gasteiger partial charge is 0.505 e. The van der Waals surface area contributed by atoms with Crippen molar-refractivity contribution in [2.24, 2.45) is 5.10 Å². The maximum absolute atomic E-state index is 13.4. The molecule has 1 aliphatic rings. The smallest absolute Gasteiger partial charge is 0.303 e. The molecule has 3 N–H and O–H groups in total. The van der Waals surface area contributed by atoms with Gasteiger partial charge in [-0.2, -0.15) is 5.10 Å². The fourth-order valence-electron chi connectivity index (χ4n) is 4.91. The molecule has 39 heavy (non-hydrogen) atoms. The summed E-state index contributed by atoms with van der Waals surface area (Å²) in [7, 11) is 0. The molecule has 3 aromatic carbocycles. The Balaban J connectivity index is 1.68. The van der Waals surface area contributed by atoms with Gasteiger partial charge in [0.25, 0.3) is 0 Å². The molecule has 7 heteroatoms. The minimum atomic E-state index is -0.922. The lowest BCUT2D eigenvalue weighted by molar-refractivity contribution is -0.136. The number of hydrazone groups is 1. The second-order valence-corrected chi connectivity index (χ2v) is 10.3. The molecule has 3 aromatic rings. The van der Waals surface area contributed by atoms with Crippen molar-refractivity contribution in [1.82, 2.24) is 0 Å². The standard InChI is InChI=1S/C32H35N3O4/c1-5-33-26-17-16-22-11-9-10-14-24(22)28(26)32(3,4)20-19-25-30(38)29(31(25)39)35(23-12-7-6-8-13-23)34-21(2)15-18-27(36)37/h6-14,16-17,19,33,38H,5,15,18,20H2,1-4H3,(H,36,37)/b25-19-,34-21+. The van der Waals surface area contributed by atoms with E-state index in [4.69, 9.17) is 5.11 Å². The van der Waals surface area contributed by atoms with Crippen LogP contribution in [0.15, 0.2) is 94.9 Å². The average molecular weight is 526 g/mol. The van der Waals surface area contributed by atoms with E-state index in [0.29, 0.717) is 17.8 Å². The number of nitrogens with one attached hydrogen (secondary N) is 1. The molecule has 0 fully saturated rings. The first-order valence-electron chi connectivity index (χ1n) is 13.2. The zero-order chi connectivity index (χ0) is 28.2. The Morgan fingerprint density at radius 2 is 1.72 bits per heavy atom. The summed E-state index contributed by atoms with van der Waals surface area (Å²) in [4.78, 5) is 24.4. The third kappa shape index (κ3) is 5.87. The van der Waals surface area contributed by atoms with Crippen LogP contribution in [0.2, 0.25) is 0 Å². The highest BCUT2D eigenvalue weighted by Crippen LogP contribution is 2.41. The van der Waals surface area contributed by atoms with E-state index in [9.17, 15) is 14.7 Å². The number of carboxylic acid groups (broad SMARTS) is 1. The SMILES string of the molecule is CCNc1ccc2ccccc2c1C(C)(C)C/C=C1\C(=O)C(N(/N=C(\C)CCC(=O)O)c2ccccc2)=C1O. The number of allylic oxidation sites excluding steroid dienone is 3. The molecule has 1 aliphatic carbocycles. The molecule has 202 valence electrons. The third-order valence-corrected chi connectivity index (χ3v) is 6.91. The number of carbonyl (C=O) groups excluding carboxylic acids is 1. The number of carboxylic acids is 1. The van der Waals surface area contributed by atoms with E-state index >= 15 is 0 Å². The van der Waals surface area contributed by atoms with E-state index in [-0.39, 0.29) is 41.1 Å². The summed E-state index contributed by atoms with van der Waals surface area (Å²) in [5.74, 6) is -1.33. The van der Waals surface area contributed by atoms with Crippen LogP contribution in [0.4, 0.5) is 11.4 Å². The number of benzene rings is 3. The number of hydrogen-bond acceptors (Lipinski definition) is 6. The van der Waals surface area contributed by atoms with Crippen molar-refractivity contribution in [2.45, 2.75) is 52.4 Å². The Labute approximate surface area is 229 Å². The van der Waals surface area contributed by atoms with Gasteiger partial charge in [-0.15, -0.1) is 0 Å². The summed E-state index contributed by atoms with van der Waals surface area (Å²) in [6.45, 7) is 8.85. The number of rotatable bonds is 11. The van der Waals surface area contributed by atoms with Gasteiger partial charge in [0.05, 0.1) is 17.7 Å². The van der Waals surface area contributed by atoms with E-state index in [1.165, 1.54) is 10.6 Å². The van der Waals surface area contributed by atoms with Gasteiger partial charge in [-0.1, -0.05) is 68.5 Å². The number of aliphatic carboxylic acids is 1. The Morgan fingerprint density at radius 3 is 2.38 bits per heavy atom. The number of ketones is 1. The summed E-state index contributed by atoms with van der Waals surface area (Å²) in [5.41, 5.74) is 3.38. The number of hydrogen-bond donors (Lipinski definition) is 3. The Bertz CT molecular complexity index is 1490. The van der Waals surface area contributed by atoms with Crippen molar-refractivity contribution in [1.29, 1.82) is 0 Å². The van der Waals surface area contributed by atoms with Gasteiger partial charge in [-0.3, -0.25) is 9.59 Å². The van der Waals surface area contributed by atoms with Gasteiger partial charge in [0, 0.05) is 17.9 Å². The van der Waals surface area contributed by atoms with Crippen molar-refractivity contribution < 1.29 is 19.8 Å². The monoisotopic (exact) mass is 525 g/mol. The fourth-order valence-corrected chi connectivity index (χ4v) is 4.91. The van der Waals surface area contributed by atoms with Crippen LogP contribution in [-0.4, -0.2) is 34.2 Å². The molecular weight excluding hydrogens is 490 g/mol. The topological polar surface area (TPSA) is 102 Å². The normalized spacial score (nSPS) is 15.0. The van der Waals surface area contributed by atoms with Crippen LogP contribution >= 0.6 is 0 Å².